The maximum Gasteiger partial charge on any atom is 0.180 e. The van der Waals surface area contributed by atoms with Gasteiger partial charge in [0.05, 0.1) is 51.5 Å². The van der Waals surface area contributed by atoms with E-state index in [1.807, 2.05) is 74.7 Å². The van der Waals surface area contributed by atoms with Gasteiger partial charge >= 0.3 is 0 Å². The van der Waals surface area contributed by atoms with E-state index in [2.05, 4.69) is 21.6 Å². The quantitative estimate of drug-likeness (QED) is 0.244. The van der Waals surface area contributed by atoms with E-state index in [0.29, 0.717) is 34.3 Å². The molecule has 2 bridgehead atoms. The van der Waals surface area contributed by atoms with E-state index < -0.39 is 0 Å². The Balaban J connectivity index is 0.000000196. The first-order valence-corrected chi connectivity index (χ1v) is 15.0. The molecule has 7 nitrogen and oxygen atoms in total. The van der Waals surface area contributed by atoms with E-state index in [1.165, 1.54) is 0 Å². The van der Waals surface area contributed by atoms with Crippen LogP contribution in [0.3, 0.4) is 0 Å². The van der Waals surface area contributed by atoms with Gasteiger partial charge in [0.1, 0.15) is 0 Å². The van der Waals surface area contributed by atoms with Crippen molar-refractivity contribution >= 4 is 29.0 Å². The number of aliphatic hydroxyl groups is 1. The van der Waals surface area contributed by atoms with Crippen molar-refractivity contribution in [3.05, 3.63) is 104 Å². The van der Waals surface area contributed by atoms with Gasteiger partial charge in [0.25, 0.3) is 0 Å². The predicted molar refractivity (Wildman–Crippen MR) is 168 cm³/mol. The maximum absolute atomic E-state index is 13.1. The van der Waals surface area contributed by atoms with Gasteiger partial charge in [0, 0.05) is 46.2 Å². The molecule has 2 aromatic carbocycles. The molecule has 2 saturated heterocycles. The van der Waals surface area contributed by atoms with Crippen molar-refractivity contribution in [2.45, 2.75) is 65.1 Å². The Bertz CT molecular complexity index is 1760. The minimum atomic E-state index is -0.321. The fourth-order valence-electron chi connectivity index (χ4n) is 6.56. The van der Waals surface area contributed by atoms with Gasteiger partial charge in [-0.3, -0.25) is 9.69 Å². The number of fused-ring (bicyclic) bond motifs is 2. The largest absolute Gasteiger partial charge is 0.391 e. The van der Waals surface area contributed by atoms with E-state index in [-0.39, 0.29) is 17.9 Å². The molecule has 2 aromatic heterocycles. The second-order valence-electron chi connectivity index (χ2n) is 11.3. The van der Waals surface area contributed by atoms with Crippen molar-refractivity contribution in [2.24, 2.45) is 0 Å². The second kappa shape index (κ2) is 12.4. The highest BCUT2D eigenvalue weighted by Gasteiger charge is 2.46. The third-order valence-corrected chi connectivity index (χ3v) is 9.55. The number of aryl methyl sites for hydroxylation is 1. The van der Waals surface area contributed by atoms with Crippen LogP contribution < -0.4 is 0 Å². The number of hydrogen-bond donors (Lipinski definition) is 1. The molecule has 1 N–H and O–H groups in total. The van der Waals surface area contributed by atoms with Crippen LogP contribution in [-0.4, -0.2) is 49.7 Å². The molecule has 2 aliphatic heterocycles. The first-order valence-electron chi connectivity index (χ1n) is 14.3. The van der Waals surface area contributed by atoms with E-state index in [9.17, 15) is 9.90 Å². The number of nitriles is 2. The van der Waals surface area contributed by atoms with Crippen LogP contribution in [0.5, 0.6) is 0 Å². The minimum Gasteiger partial charge on any atom is -0.391 e. The third-order valence-electron chi connectivity index (χ3n) is 8.70. The number of halogens is 2. The predicted octanol–water partition coefficient (Wildman–Crippen LogP) is 7.02. The number of carbonyl (C=O) groups excluding carboxylic acids is 1. The maximum atomic E-state index is 13.1. The lowest BCUT2D eigenvalue weighted by Crippen LogP contribution is -2.36. The number of hydrogen-bond acceptors (Lipinski definition) is 5. The van der Waals surface area contributed by atoms with Crippen molar-refractivity contribution in [3.63, 3.8) is 0 Å². The molecule has 0 aliphatic carbocycles. The highest BCUT2D eigenvalue weighted by atomic mass is 35.5. The van der Waals surface area contributed by atoms with Crippen LogP contribution in [0.4, 0.5) is 0 Å². The monoisotopic (exact) mass is 613 g/mol. The highest BCUT2D eigenvalue weighted by Crippen LogP contribution is 2.38. The summed E-state index contributed by atoms with van der Waals surface area (Å²) in [5.41, 5.74) is 7.44. The first-order chi connectivity index (χ1) is 20.5. The Hall–Kier alpha value is -3.85. The first kappa shape index (κ1) is 30.6. The van der Waals surface area contributed by atoms with E-state index in [1.54, 1.807) is 12.1 Å². The van der Waals surface area contributed by atoms with Gasteiger partial charge in [-0.2, -0.15) is 10.5 Å². The number of ketones is 1. The summed E-state index contributed by atoms with van der Waals surface area (Å²) in [7, 11) is 0. The third kappa shape index (κ3) is 5.75. The van der Waals surface area contributed by atoms with Crippen molar-refractivity contribution in [1.82, 2.24) is 14.0 Å². The summed E-state index contributed by atoms with van der Waals surface area (Å²) in [5.74, 6) is -0.000931. The summed E-state index contributed by atoms with van der Waals surface area (Å²) in [6, 6.07) is 21.3. The molecular formula is C34H33Cl2N5O2. The molecular weight excluding hydrogens is 581 g/mol. The van der Waals surface area contributed by atoms with Gasteiger partial charge in [0.2, 0.25) is 0 Å². The van der Waals surface area contributed by atoms with Crippen molar-refractivity contribution in [3.8, 4) is 23.5 Å². The summed E-state index contributed by atoms with van der Waals surface area (Å²) < 4.78 is 4.04. The minimum absolute atomic E-state index is 0.000931. The van der Waals surface area contributed by atoms with Gasteiger partial charge < -0.3 is 14.2 Å². The molecule has 0 saturated carbocycles. The van der Waals surface area contributed by atoms with E-state index in [4.69, 9.17) is 33.7 Å². The molecule has 2 fully saturated rings. The van der Waals surface area contributed by atoms with Gasteiger partial charge in [0.15, 0.2) is 5.78 Å². The molecule has 2 aliphatic rings. The smallest absolute Gasteiger partial charge is 0.180 e. The average Bonchev–Trinajstić information content (AvgIpc) is 3.67. The van der Waals surface area contributed by atoms with E-state index in [0.717, 1.165) is 58.4 Å². The Morgan fingerprint density at radius 2 is 1.42 bits per heavy atom. The van der Waals surface area contributed by atoms with Gasteiger partial charge in [-0.15, -0.1) is 0 Å². The molecule has 43 heavy (non-hydrogen) atoms. The number of nitrogens with zero attached hydrogens (tertiary/aromatic N) is 5. The number of benzene rings is 2. The van der Waals surface area contributed by atoms with Gasteiger partial charge in [-0.25, -0.2) is 0 Å². The lowest BCUT2D eigenvalue weighted by molar-refractivity contribution is 0.0873. The van der Waals surface area contributed by atoms with Crippen LogP contribution in [-0.2, 0) is 0 Å². The molecule has 4 aromatic rings. The zero-order chi connectivity index (χ0) is 31.0. The summed E-state index contributed by atoms with van der Waals surface area (Å²) in [5, 5.41) is 29.1. The number of Topliss-reactive ketones (excluding diaryl/α,β-unsaturated/α-hetero) is 1. The normalized spacial score (nSPS) is 19.0. The van der Waals surface area contributed by atoms with E-state index >= 15 is 0 Å². The Kier molecular flexibility index (Phi) is 8.83. The fourth-order valence-corrected chi connectivity index (χ4v) is 7.13. The van der Waals surface area contributed by atoms with Crippen molar-refractivity contribution in [1.29, 1.82) is 10.5 Å². The Morgan fingerprint density at radius 3 is 1.86 bits per heavy atom. The summed E-state index contributed by atoms with van der Waals surface area (Å²) >= 11 is 12.6. The van der Waals surface area contributed by atoms with Crippen LogP contribution in [0.1, 0.15) is 63.5 Å². The SMILES string of the molecule is Cc1c(Cl)c(C(=O)CN2C3CCC2[C@@H](O)C3)c(C)n1-c1ccc(C#N)cc1.Cc1cc(Cl)c(C)n1-c1ccc(C#N)cc1. The number of aromatic nitrogens is 2. The zero-order valence-electron chi connectivity index (χ0n) is 24.6. The zero-order valence-corrected chi connectivity index (χ0v) is 26.1. The molecule has 3 atom stereocenters. The lowest BCUT2D eigenvalue weighted by Gasteiger charge is -2.21. The number of carbonyl (C=O) groups is 1. The molecule has 4 heterocycles. The van der Waals surface area contributed by atoms with Gasteiger partial charge in [-0.05, 0) is 102 Å². The molecule has 0 spiro atoms. The van der Waals surface area contributed by atoms with Crippen molar-refractivity contribution < 1.29 is 9.90 Å². The summed E-state index contributed by atoms with van der Waals surface area (Å²) in [6.07, 6.45) is 2.44. The summed E-state index contributed by atoms with van der Waals surface area (Å²) in [4.78, 5) is 15.3. The van der Waals surface area contributed by atoms with Crippen molar-refractivity contribution in [2.75, 3.05) is 6.54 Å². The molecule has 220 valence electrons. The number of aliphatic hydroxyl groups excluding tert-OH is 1. The lowest BCUT2D eigenvalue weighted by atomic mass is 9.98. The molecule has 6 rings (SSSR count). The Labute approximate surface area is 262 Å². The average molecular weight is 615 g/mol. The van der Waals surface area contributed by atoms with Crippen LogP contribution in [0.15, 0.2) is 54.6 Å². The second-order valence-corrected chi connectivity index (χ2v) is 12.0. The summed E-state index contributed by atoms with van der Waals surface area (Å²) in [6.45, 7) is 8.08. The highest BCUT2D eigenvalue weighted by molar-refractivity contribution is 6.35. The van der Waals surface area contributed by atoms with Crippen LogP contribution in [0, 0.1) is 50.4 Å². The molecule has 2 unspecified atom stereocenters. The topological polar surface area (TPSA) is 98.0 Å². The van der Waals surface area contributed by atoms with Crippen LogP contribution >= 0.6 is 23.2 Å². The van der Waals surface area contributed by atoms with Crippen LogP contribution in [0.25, 0.3) is 11.4 Å². The molecule has 0 radical (unpaired) electrons. The molecule has 0 amide bonds. The van der Waals surface area contributed by atoms with Gasteiger partial charge in [-0.1, -0.05) is 23.2 Å². The van der Waals surface area contributed by atoms with Crippen LogP contribution in [0.2, 0.25) is 10.0 Å². The standard InChI is InChI=1S/C21H22ClN3O2.C13H11ClN2/c1-12-20(19(27)11-24-16-7-8-17(24)18(26)9-16)21(22)13(2)25(12)15-5-3-14(10-23)4-6-15;1-9-7-13(14)10(2)16(9)12-5-3-11(8-15)4-6-12/h3-6,16-18,26H,7-9,11H2,1-2H3;3-7H,1-2H3/t16?,17?,18-;/m0./s1. The molecule has 9 heteroatoms. The Morgan fingerprint density at radius 1 is 0.860 bits per heavy atom. The fraction of sp³-hybridized carbons (Fsp3) is 0.324. The number of rotatable bonds is 5.